The maximum Gasteiger partial charge on any atom is 0.337 e. The number of methoxy groups -OCH3 is 1. The summed E-state index contributed by atoms with van der Waals surface area (Å²) >= 11 is 0. The monoisotopic (exact) mass is 394 g/mol. The Morgan fingerprint density at radius 3 is 1.83 bits per heavy atom. The van der Waals surface area contributed by atoms with Gasteiger partial charge in [0.05, 0.1) is 12.7 Å². The minimum atomic E-state index is -0.430. The molecule has 0 bridgehead atoms. The number of rotatable bonds is 5. The van der Waals surface area contributed by atoms with E-state index in [1.54, 1.807) is 48.5 Å². The van der Waals surface area contributed by atoms with E-state index >= 15 is 0 Å². The van der Waals surface area contributed by atoms with Gasteiger partial charge in [-0.25, -0.2) is 4.79 Å². The fourth-order valence-corrected chi connectivity index (χ4v) is 3.48. The molecule has 0 heterocycles. The molecule has 2 N–H and O–H groups in total. The molecule has 1 aliphatic rings. The van der Waals surface area contributed by atoms with Gasteiger partial charge in [-0.2, -0.15) is 0 Å². The number of carbonyl (C=O) groups excluding carboxylic acids is 3. The molecule has 0 aromatic heterocycles. The molecule has 1 fully saturated rings. The predicted octanol–water partition coefficient (Wildman–Crippen LogP) is 4.18. The topological polar surface area (TPSA) is 84.5 Å². The zero-order chi connectivity index (χ0) is 20.6. The van der Waals surface area contributed by atoms with Crippen molar-refractivity contribution in [2.24, 2.45) is 0 Å². The van der Waals surface area contributed by atoms with Gasteiger partial charge >= 0.3 is 5.97 Å². The molecule has 1 aliphatic carbocycles. The molecule has 0 unspecified atom stereocenters. The SMILES string of the molecule is COC(=O)c1ccc(NC(=O)c2ccc(C(=O)NC3CCCCCC3)cc2)cc1. The van der Waals surface area contributed by atoms with E-state index in [0.717, 1.165) is 25.7 Å². The van der Waals surface area contributed by atoms with Gasteiger partial charge in [0.1, 0.15) is 0 Å². The van der Waals surface area contributed by atoms with Crippen molar-refractivity contribution >= 4 is 23.5 Å². The second-order valence-corrected chi connectivity index (χ2v) is 7.26. The standard InChI is InChI=1S/C23H26N2O4/c1-29-23(28)18-12-14-20(15-13-18)25-22(27)17-10-8-16(9-11-17)21(26)24-19-6-4-2-3-5-7-19/h8-15,19H,2-7H2,1H3,(H,24,26)(H,25,27). The highest BCUT2D eigenvalue weighted by Gasteiger charge is 2.16. The third-order valence-electron chi connectivity index (χ3n) is 5.16. The van der Waals surface area contributed by atoms with Crippen molar-refractivity contribution in [1.29, 1.82) is 0 Å². The Morgan fingerprint density at radius 2 is 1.28 bits per heavy atom. The highest BCUT2D eigenvalue weighted by atomic mass is 16.5. The average Bonchev–Trinajstić information content (AvgIpc) is 3.02. The summed E-state index contributed by atoms with van der Waals surface area (Å²) in [7, 11) is 1.32. The fourth-order valence-electron chi connectivity index (χ4n) is 3.48. The van der Waals surface area contributed by atoms with Crippen LogP contribution in [0.4, 0.5) is 5.69 Å². The van der Waals surface area contributed by atoms with Gasteiger partial charge in [-0.15, -0.1) is 0 Å². The molecule has 152 valence electrons. The van der Waals surface area contributed by atoms with Gasteiger partial charge < -0.3 is 15.4 Å². The van der Waals surface area contributed by atoms with Crippen LogP contribution in [0.1, 0.15) is 69.6 Å². The Labute approximate surface area is 170 Å². The summed E-state index contributed by atoms with van der Waals surface area (Å²) in [6.07, 6.45) is 6.85. The zero-order valence-corrected chi connectivity index (χ0v) is 16.6. The molecule has 6 heteroatoms. The molecular formula is C23H26N2O4. The second kappa shape index (κ2) is 9.87. The number of esters is 1. The van der Waals surface area contributed by atoms with Crippen molar-refractivity contribution in [2.75, 3.05) is 12.4 Å². The van der Waals surface area contributed by atoms with Crippen LogP contribution in [0.25, 0.3) is 0 Å². The molecule has 0 atom stereocenters. The van der Waals surface area contributed by atoms with Gasteiger partial charge in [-0.1, -0.05) is 25.7 Å². The fraction of sp³-hybridized carbons (Fsp3) is 0.348. The lowest BCUT2D eigenvalue weighted by atomic mass is 10.1. The summed E-state index contributed by atoms with van der Waals surface area (Å²) in [4.78, 5) is 36.3. The second-order valence-electron chi connectivity index (χ2n) is 7.26. The minimum Gasteiger partial charge on any atom is -0.465 e. The first-order valence-corrected chi connectivity index (χ1v) is 9.97. The Hall–Kier alpha value is -3.15. The van der Waals surface area contributed by atoms with E-state index in [1.165, 1.54) is 20.0 Å². The van der Waals surface area contributed by atoms with E-state index in [9.17, 15) is 14.4 Å². The molecule has 1 saturated carbocycles. The van der Waals surface area contributed by atoms with Crippen LogP contribution in [0, 0.1) is 0 Å². The molecule has 3 rings (SSSR count). The van der Waals surface area contributed by atoms with Crippen LogP contribution in [0.5, 0.6) is 0 Å². The molecule has 0 radical (unpaired) electrons. The Bertz CT molecular complexity index is 851. The van der Waals surface area contributed by atoms with Gasteiger partial charge in [-0.05, 0) is 61.4 Å². The summed E-state index contributed by atoms with van der Waals surface area (Å²) in [6.45, 7) is 0. The van der Waals surface area contributed by atoms with Crippen LogP contribution >= 0.6 is 0 Å². The minimum absolute atomic E-state index is 0.0951. The van der Waals surface area contributed by atoms with Crippen molar-refractivity contribution < 1.29 is 19.1 Å². The maximum atomic E-state index is 12.5. The van der Waals surface area contributed by atoms with E-state index in [0.29, 0.717) is 22.4 Å². The lowest BCUT2D eigenvalue weighted by Crippen LogP contribution is -2.34. The molecular weight excluding hydrogens is 368 g/mol. The van der Waals surface area contributed by atoms with Gasteiger partial charge in [0.25, 0.3) is 11.8 Å². The lowest BCUT2D eigenvalue weighted by molar-refractivity contribution is 0.0600. The zero-order valence-electron chi connectivity index (χ0n) is 16.6. The molecule has 2 amide bonds. The third kappa shape index (κ3) is 5.67. The Balaban J connectivity index is 1.58. The number of ether oxygens (including phenoxy) is 1. The molecule has 0 aliphatic heterocycles. The van der Waals surface area contributed by atoms with E-state index in [2.05, 4.69) is 15.4 Å². The van der Waals surface area contributed by atoms with Gasteiger partial charge in [0.15, 0.2) is 0 Å². The number of carbonyl (C=O) groups is 3. The van der Waals surface area contributed by atoms with Gasteiger partial charge in [0, 0.05) is 22.9 Å². The summed E-state index contributed by atoms with van der Waals surface area (Å²) in [5.74, 6) is -0.811. The van der Waals surface area contributed by atoms with E-state index in [4.69, 9.17) is 0 Å². The van der Waals surface area contributed by atoms with Crippen molar-refractivity contribution in [3.05, 3.63) is 65.2 Å². The summed E-state index contributed by atoms with van der Waals surface area (Å²) < 4.78 is 4.65. The van der Waals surface area contributed by atoms with Crippen LogP contribution in [0.2, 0.25) is 0 Å². The highest BCUT2D eigenvalue weighted by Crippen LogP contribution is 2.18. The number of hydrogen-bond acceptors (Lipinski definition) is 4. The Morgan fingerprint density at radius 1 is 0.759 bits per heavy atom. The number of hydrogen-bond donors (Lipinski definition) is 2. The van der Waals surface area contributed by atoms with Crippen LogP contribution in [0.3, 0.4) is 0 Å². The number of nitrogens with one attached hydrogen (secondary N) is 2. The average molecular weight is 394 g/mol. The predicted molar refractivity (Wildman–Crippen MR) is 111 cm³/mol. The van der Waals surface area contributed by atoms with Crippen molar-refractivity contribution in [3.63, 3.8) is 0 Å². The quantitative estimate of drug-likeness (QED) is 0.589. The van der Waals surface area contributed by atoms with Crippen molar-refractivity contribution in [2.45, 2.75) is 44.6 Å². The largest absolute Gasteiger partial charge is 0.465 e. The van der Waals surface area contributed by atoms with Crippen LogP contribution in [0.15, 0.2) is 48.5 Å². The summed E-state index contributed by atoms with van der Waals surface area (Å²) in [6, 6.07) is 13.3. The van der Waals surface area contributed by atoms with Crippen LogP contribution < -0.4 is 10.6 Å². The first-order chi connectivity index (χ1) is 14.1. The van der Waals surface area contributed by atoms with Gasteiger partial charge in [-0.3, -0.25) is 9.59 Å². The highest BCUT2D eigenvalue weighted by molar-refractivity contribution is 6.05. The van der Waals surface area contributed by atoms with E-state index in [-0.39, 0.29) is 17.9 Å². The Kier molecular flexibility index (Phi) is 7.00. The molecule has 2 aromatic rings. The molecule has 0 saturated heterocycles. The van der Waals surface area contributed by atoms with E-state index in [1.807, 2.05) is 0 Å². The first-order valence-electron chi connectivity index (χ1n) is 9.97. The van der Waals surface area contributed by atoms with Crippen LogP contribution in [-0.2, 0) is 4.74 Å². The normalized spacial score (nSPS) is 14.5. The number of amides is 2. The van der Waals surface area contributed by atoms with Gasteiger partial charge in [0.2, 0.25) is 0 Å². The molecule has 0 spiro atoms. The lowest BCUT2D eigenvalue weighted by Gasteiger charge is -2.16. The number of benzene rings is 2. The maximum absolute atomic E-state index is 12.5. The third-order valence-corrected chi connectivity index (χ3v) is 5.16. The molecule has 29 heavy (non-hydrogen) atoms. The van der Waals surface area contributed by atoms with Crippen molar-refractivity contribution in [3.8, 4) is 0 Å². The van der Waals surface area contributed by atoms with Crippen molar-refractivity contribution in [1.82, 2.24) is 5.32 Å². The number of anilines is 1. The first kappa shape index (κ1) is 20.6. The summed E-state index contributed by atoms with van der Waals surface area (Å²) in [5.41, 5.74) is 1.98. The van der Waals surface area contributed by atoms with E-state index < -0.39 is 5.97 Å². The molecule has 6 nitrogen and oxygen atoms in total. The summed E-state index contributed by atoms with van der Waals surface area (Å²) in [5, 5.41) is 5.88. The smallest absolute Gasteiger partial charge is 0.337 e. The molecule has 2 aromatic carbocycles. The van der Waals surface area contributed by atoms with Crippen LogP contribution in [-0.4, -0.2) is 30.9 Å².